The van der Waals surface area contributed by atoms with Crippen LogP contribution in [0.2, 0.25) is 0 Å². The summed E-state index contributed by atoms with van der Waals surface area (Å²) in [4.78, 5) is 23.5. The Morgan fingerprint density at radius 2 is 1.86 bits per heavy atom. The van der Waals surface area contributed by atoms with Crippen LogP contribution in [0.3, 0.4) is 0 Å². The number of amides is 1. The van der Waals surface area contributed by atoms with Gasteiger partial charge in [-0.3, -0.25) is 4.79 Å². The molecule has 7 nitrogen and oxygen atoms in total. The van der Waals surface area contributed by atoms with E-state index in [0.29, 0.717) is 21.9 Å². The number of benzene rings is 2. The van der Waals surface area contributed by atoms with E-state index in [9.17, 15) is 4.79 Å². The summed E-state index contributed by atoms with van der Waals surface area (Å²) in [7, 11) is 0. The fourth-order valence-corrected chi connectivity index (χ4v) is 4.38. The van der Waals surface area contributed by atoms with E-state index in [1.165, 1.54) is 23.7 Å². The fourth-order valence-electron chi connectivity index (χ4n) is 3.58. The summed E-state index contributed by atoms with van der Waals surface area (Å²) in [6, 6.07) is 17.8. The average Bonchev–Trinajstić information content (AvgIpc) is 3.22. The molecule has 1 aliphatic heterocycles. The van der Waals surface area contributed by atoms with Gasteiger partial charge < -0.3 is 4.90 Å². The summed E-state index contributed by atoms with van der Waals surface area (Å²) in [6.45, 7) is 0.750. The molecular weight excluding hydrogens is 384 g/mol. The van der Waals surface area contributed by atoms with Crippen LogP contribution in [0.25, 0.3) is 16.9 Å². The monoisotopic (exact) mass is 402 g/mol. The lowest BCUT2D eigenvalue weighted by molar-refractivity contribution is -0.116. The second kappa shape index (κ2) is 7.63. The summed E-state index contributed by atoms with van der Waals surface area (Å²) < 4.78 is 1.68. The van der Waals surface area contributed by atoms with E-state index in [-0.39, 0.29) is 5.91 Å². The number of aromatic nitrogens is 5. The minimum Gasteiger partial charge on any atom is -0.311 e. The molecule has 0 atom stereocenters. The summed E-state index contributed by atoms with van der Waals surface area (Å²) in [5.41, 5.74) is 4.36. The van der Waals surface area contributed by atoms with Gasteiger partial charge in [0.15, 0.2) is 11.2 Å². The SMILES string of the molecule is O=C(CSc1ncnc2c1nnn2-c1ccccc1)N1CCCc2ccccc21. The standard InChI is InChI=1S/C21H18N6OS/c28-18(26-12-6-8-15-7-4-5-11-17(15)26)13-29-21-19-20(22-14-23-21)27(25-24-19)16-9-2-1-3-10-16/h1-5,7,9-11,14H,6,8,12-13H2. The molecule has 0 aliphatic carbocycles. The van der Waals surface area contributed by atoms with Crippen molar-refractivity contribution in [1.82, 2.24) is 25.0 Å². The lowest BCUT2D eigenvalue weighted by atomic mass is 10.0. The van der Waals surface area contributed by atoms with Crippen molar-refractivity contribution in [1.29, 1.82) is 0 Å². The topological polar surface area (TPSA) is 76.8 Å². The highest BCUT2D eigenvalue weighted by molar-refractivity contribution is 8.00. The molecular formula is C21H18N6OS. The Kier molecular flexibility index (Phi) is 4.69. The van der Waals surface area contributed by atoms with E-state index in [4.69, 9.17) is 0 Å². The second-order valence-electron chi connectivity index (χ2n) is 6.75. The van der Waals surface area contributed by atoms with Crippen molar-refractivity contribution in [3.63, 3.8) is 0 Å². The van der Waals surface area contributed by atoms with Crippen LogP contribution in [0, 0.1) is 0 Å². The summed E-state index contributed by atoms with van der Waals surface area (Å²) in [6.07, 6.45) is 3.49. The third kappa shape index (κ3) is 3.36. The van der Waals surface area contributed by atoms with E-state index in [1.807, 2.05) is 53.4 Å². The maximum absolute atomic E-state index is 12.9. The zero-order valence-electron chi connectivity index (χ0n) is 15.6. The molecule has 2 aromatic heterocycles. The summed E-state index contributed by atoms with van der Waals surface area (Å²) in [5, 5.41) is 9.15. The van der Waals surface area contributed by atoms with Crippen molar-refractivity contribution in [2.45, 2.75) is 17.9 Å². The van der Waals surface area contributed by atoms with Crippen LogP contribution in [0.15, 0.2) is 66.0 Å². The molecule has 0 spiro atoms. The Labute approximate surface area is 171 Å². The molecule has 4 aromatic rings. The Bertz CT molecular complexity index is 1180. The van der Waals surface area contributed by atoms with E-state index < -0.39 is 0 Å². The van der Waals surface area contributed by atoms with Gasteiger partial charge in [-0.15, -0.1) is 5.10 Å². The van der Waals surface area contributed by atoms with Gasteiger partial charge in [0, 0.05) is 12.2 Å². The van der Waals surface area contributed by atoms with Crippen LogP contribution in [0.4, 0.5) is 5.69 Å². The number of hydrogen-bond donors (Lipinski definition) is 0. The van der Waals surface area contributed by atoms with Crippen molar-refractivity contribution < 1.29 is 4.79 Å². The highest BCUT2D eigenvalue weighted by atomic mass is 32.2. The van der Waals surface area contributed by atoms with Crippen LogP contribution in [0.5, 0.6) is 0 Å². The predicted octanol–water partition coefficient (Wildman–Crippen LogP) is 3.28. The van der Waals surface area contributed by atoms with Crippen molar-refractivity contribution >= 4 is 34.5 Å². The maximum Gasteiger partial charge on any atom is 0.237 e. The Morgan fingerprint density at radius 3 is 2.76 bits per heavy atom. The largest absolute Gasteiger partial charge is 0.311 e. The van der Waals surface area contributed by atoms with Gasteiger partial charge >= 0.3 is 0 Å². The van der Waals surface area contributed by atoms with Gasteiger partial charge in [0.05, 0.1) is 11.4 Å². The van der Waals surface area contributed by atoms with E-state index >= 15 is 0 Å². The van der Waals surface area contributed by atoms with Crippen molar-refractivity contribution in [2.75, 3.05) is 17.2 Å². The normalized spacial score (nSPS) is 13.4. The molecule has 8 heteroatoms. The Morgan fingerprint density at radius 1 is 1.03 bits per heavy atom. The van der Waals surface area contributed by atoms with Crippen LogP contribution in [0.1, 0.15) is 12.0 Å². The first-order valence-corrected chi connectivity index (χ1v) is 10.4. The number of rotatable bonds is 4. The number of fused-ring (bicyclic) bond motifs is 2. The fraction of sp³-hybridized carbons (Fsp3) is 0.190. The number of hydrogen-bond acceptors (Lipinski definition) is 6. The van der Waals surface area contributed by atoms with Gasteiger partial charge in [0.1, 0.15) is 11.4 Å². The van der Waals surface area contributed by atoms with Crippen LogP contribution in [-0.4, -0.2) is 43.2 Å². The second-order valence-corrected chi connectivity index (χ2v) is 7.72. The highest BCUT2D eigenvalue weighted by Crippen LogP contribution is 2.29. The lowest BCUT2D eigenvalue weighted by Crippen LogP contribution is -2.36. The van der Waals surface area contributed by atoms with Gasteiger partial charge in [-0.25, -0.2) is 9.97 Å². The minimum absolute atomic E-state index is 0.0735. The summed E-state index contributed by atoms with van der Waals surface area (Å²) in [5.74, 6) is 0.364. The average molecular weight is 402 g/mol. The highest BCUT2D eigenvalue weighted by Gasteiger charge is 2.23. The van der Waals surface area contributed by atoms with Crippen molar-refractivity contribution in [3.8, 4) is 5.69 Å². The molecule has 0 fully saturated rings. The van der Waals surface area contributed by atoms with Gasteiger partial charge in [-0.05, 0) is 36.6 Å². The van der Waals surface area contributed by atoms with E-state index in [1.54, 1.807) is 4.68 Å². The quantitative estimate of drug-likeness (QED) is 0.385. The molecule has 29 heavy (non-hydrogen) atoms. The van der Waals surface area contributed by atoms with Gasteiger partial charge in [-0.2, -0.15) is 4.68 Å². The van der Waals surface area contributed by atoms with E-state index in [2.05, 4.69) is 26.3 Å². The number of nitrogens with zero attached hydrogens (tertiary/aromatic N) is 6. The number of para-hydroxylation sites is 2. The molecule has 144 valence electrons. The van der Waals surface area contributed by atoms with Crippen molar-refractivity contribution in [2.24, 2.45) is 0 Å². The number of thioether (sulfide) groups is 1. The Balaban J connectivity index is 1.38. The van der Waals surface area contributed by atoms with Gasteiger partial charge in [0.2, 0.25) is 5.91 Å². The number of carbonyl (C=O) groups excluding carboxylic acids is 1. The molecule has 2 aromatic carbocycles. The molecule has 1 amide bonds. The maximum atomic E-state index is 12.9. The predicted molar refractivity (Wildman–Crippen MR) is 112 cm³/mol. The smallest absolute Gasteiger partial charge is 0.237 e. The minimum atomic E-state index is 0.0735. The van der Waals surface area contributed by atoms with Crippen LogP contribution >= 0.6 is 11.8 Å². The molecule has 0 bridgehead atoms. The molecule has 0 N–H and O–H groups in total. The zero-order valence-corrected chi connectivity index (χ0v) is 16.4. The molecule has 5 rings (SSSR count). The van der Waals surface area contributed by atoms with Gasteiger partial charge in [0.25, 0.3) is 0 Å². The molecule has 0 unspecified atom stereocenters. The molecule has 0 saturated heterocycles. The third-order valence-electron chi connectivity index (χ3n) is 4.95. The van der Waals surface area contributed by atoms with E-state index in [0.717, 1.165) is 30.8 Å². The number of carbonyl (C=O) groups is 1. The van der Waals surface area contributed by atoms with Crippen LogP contribution in [-0.2, 0) is 11.2 Å². The van der Waals surface area contributed by atoms with Gasteiger partial charge in [-0.1, -0.05) is 53.4 Å². The number of aryl methyl sites for hydroxylation is 1. The first-order chi connectivity index (χ1) is 14.3. The number of anilines is 1. The van der Waals surface area contributed by atoms with Crippen molar-refractivity contribution in [3.05, 3.63) is 66.5 Å². The molecule has 0 radical (unpaired) electrons. The Hall–Kier alpha value is -3.26. The molecule has 0 saturated carbocycles. The first-order valence-electron chi connectivity index (χ1n) is 9.44. The third-order valence-corrected chi connectivity index (χ3v) is 5.91. The molecule has 3 heterocycles. The first kappa shape index (κ1) is 17.8. The van der Waals surface area contributed by atoms with Crippen LogP contribution < -0.4 is 4.90 Å². The summed E-state index contributed by atoms with van der Waals surface area (Å²) >= 11 is 1.38. The zero-order chi connectivity index (χ0) is 19.6. The molecule has 1 aliphatic rings. The lowest BCUT2D eigenvalue weighted by Gasteiger charge is -2.29.